The van der Waals surface area contributed by atoms with Crippen molar-refractivity contribution in [1.29, 1.82) is 0 Å². The van der Waals surface area contributed by atoms with E-state index in [4.69, 9.17) is 0 Å². The maximum atomic E-state index is 13.1. The fourth-order valence-corrected chi connectivity index (χ4v) is 8.66. The smallest absolute Gasteiger partial charge is 0.262 e. The summed E-state index contributed by atoms with van der Waals surface area (Å²) in [6, 6.07) is 0. The van der Waals surface area contributed by atoms with E-state index >= 15 is 0 Å². The van der Waals surface area contributed by atoms with Gasteiger partial charge in [0, 0.05) is 24.4 Å². The number of rotatable bonds is 5. The molecule has 6 heteroatoms. The van der Waals surface area contributed by atoms with Crippen molar-refractivity contribution in [3.05, 3.63) is 27.1 Å². The van der Waals surface area contributed by atoms with Gasteiger partial charge in [-0.3, -0.25) is 14.2 Å². The fourth-order valence-electron chi connectivity index (χ4n) is 7.44. The van der Waals surface area contributed by atoms with E-state index in [1.807, 2.05) is 0 Å². The molecule has 0 atom stereocenters. The van der Waals surface area contributed by atoms with Crippen LogP contribution in [0.2, 0.25) is 0 Å². The highest BCUT2D eigenvalue weighted by Gasteiger charge is 2.50. The number of carbonyl (C=O) groups excluding carboxylic acids is 1. The zero-order valence-corrected chi connectivity index (χ0v) is 18.4. The number of carbonyl (C=O) groups is 1. The van der Waals surface area contributed by atoms with E-state index in [0.717, 1.165) is 53.8 Å². The normalized spacial score (nSPS) is 31.8. The van der Waals surface area contributed by atoms with Crippen LogP contribution in [0.15, 0.2) is 11.1 Å². The Labute approximate surface area is 181 Å². The number of amides is 1. The predicted molar refractivity (Wildman–Crippen MR) is 119 cm³/mol. The third-order valence-electron chi connectivity index (χ3n) is 8.35. The van der Waals surface area contributed by atoms with Crippen LogP contribution in [-0.2, 0) is 24.2 Å². The number of nitrogens with one attached hydrogen (secondary N) is 1. The van der Waals surface area contributed by atoms with Crippen molar-refractivity contribution in [2.75, 3.05) is 6.54 Å². The van der Waals surface area contributed by atoms with Gasteiger partial charge in [0.25, 0.3) is 5.56 Å². The average Bonchev–Trinajstić information content (AvgIpc) is 3.10. The van der Waals surface area contributed by atoms with Crippen LogP contribution in [-0.4, -0.2) is 22.0 Å². The summed E-state index contributed by atoms with van der Waals surface area (Å²) in [5.74, 6) is 2.79. The molecule has 160 valence electrons. The van der Waals surface area contributed by atoms with Gasteiger partial charge in [0.05, 0.1) is 11.7 Å². The molecule has 0 aliphatic heterocycles. The lowest BCUT2D eigenvalue weighted by molar-refractivity contribution is -0.123. The number of nitrogens with zero attached hydrogens (tertiary/aromatic N) is 2. The number of thiophene rings is 1. The fraction of sp³-hybridized carbons (Fsp3) is 0.708. The first-order valence-electron chi connectivity index (χ1n) is 11.8. The second-order valence-electron chi connectivity index (χ2n) is 10.6. The molecule has 0 aromatic carbocycles. The number of hydrogen-bond donors (Lipinski definition) is 1. The minimum absolute atomic E-state index is 0.0354. The van der Waals surface area contributed by atoms with Gasteiger partial charge in [0.2, 0.25) is 5.91 Å². The van der Waals surface area contributed by atoms with Crippen molar-refractivity contribution in [3.63, 3.8) is 0 Å². The van der Waals surface area contributed by atoms with Crippen LogP contribution in [0.1, 0.15) is 68.2 Å². The van der Waals surface area contributed by atoms with Crippen molar-refractivity contribution in [1.82, 2.24) is 14.9 Å². The molecule has 1 amide bonds. The molecule has 4 fully saturated rings. The molecule has 7 rings (SSSR count). The number of aryl methyl sites for hydroxylation is 3. The Balaban J connectivity index is 1.11. The molecule has 5 nitrogen and oxygen atoms in total. The van der Waals surface area contributed by atoms with E-state index in [1.54, 1.807) is 22.2 Å². The maximum absolute atomic E-state index is 13.1. The molecule has 2 heterocycles. The third-order valence-corrected chi connectivity index (χ3v) is 9.55. The van der Waals surface area contributed by atoms with Crippen LogP contribution in [0, 0.1) is 23.2 Å². The largest absolute Gasteiger partial charge is 0.355 e. The molecular weight excluding hydrogens is 394 g/mol. The van der Waals surface area contributed by atoms with Gasteiger partial charge in [0.1, 0.15) is 4.83 Å². The van der Waals surface area contributed by atoms with Gasteiger partial charge in [-0.05, 0) is 92.9 Å². The first kappa shape index (κ1) is 19.0. The van der Waals surface area contributed by atoms with Crippen molar-refractivity contribution in [2.24, 2.45) is 23.2 Å². The zero-order valence-electron chi connectivity index (χ0n) is 17.6. The van der Waals surface area contributed by atoms with Crippen LogP contribution < -0.4 is 10.9 Å². The summed E-state index contributed by atoms with van der Waals surface area (Å²) in [6.07, 6.45) is 14.6. The Morgan fingerprint density at radius 1 is 1.13 bits per heavy atom. The van der Waals surface area contributed by atoms with E-state index in [2.05, 4.69) is 10.3 Å². The highest BCUT2D eigenvalue weighted by atomic mass is 32.1. The van der Waals surface area contributed by atoms with Gasteiger partial charge in [-0.2, -0.15) is 0 Å². The van der Waals surface area contributed by atoms with Gasteiger partial charge in [-0.25, -0.2) is 4.98 Å². The van der Waals surface area contributed by atoms with Crippen molar-refractivity contribution in [3.8, 4) is 0 Å². The molecule has 4 bridgehead atoms. The lowest BCUT2D eigenvalue weighted by atomic mass is 9.49. The Bertz CT molecular complexity index is 1020. The summed E-state index contributed by atoms with van der Waals surface area (Å²) in [5.41, 5.74) is 1.62. The zero-order chi connectivity index (χ0) is 20.3. The average molecular weight is 426 g/mol. The van der Waals surface area contributed by atoms with Crippen molar-refractivity contribution in [2.45, 2.75) is 77.2 Å². The van der Waals surface area contributed by atoms with E-state index in [1.165, 1.54) is 55.4 Å². The molecule has 2 aromatic heterocycles. The minimum atomic E-state index is 0.0354. The molecule has 0 radical (unpaired) electrons. The Hall–Kier alpha value is -1.69. The van der Waals surface area contributed by atoms with Gasteiger partial charge in [-0.1, -0.05) is 0 Å². The molecule has 2 aromatic rings. The number of fused-ring (bicyclic) bond motifs is 3. The van der Waals surface area contributed by atoms with Gasteiger partial charge in [0.15, 0.2) is 0 Å². The summed E-state index contributed by atoms with van der Waals surface area (Å²) in [4.78, 5) is 32.4. The Morgan fingerprint density at radius 2 is 1.83 bits per heavy atom. The van der Waals surface area contributed by atoms with Crippen LogP contribution in [0.3, 0.4) is 0 Å². The molecule has 5 aliphatic rings. The lowest BCUT2D eigenvalue weighted by Gasteiger charge is -2.56. The quantitative estimate of drug-likeness (QED) is 0.786. The van der Waals surface area contributed by atoms with Gasteiger partial charge >= 0.3 is 0 Å². The Morgan fingerprint density at radius 3 is 2.57 bits per heavy atom. The number of aromatic nitrogens is 2. The monoisotopic (exact) mass is 425 g/mol. The lowest BCUT2D eigenvalue weighted by Crippen LogP contribution is -2.51. The second-order valence-corrected chi connectivity index (χ2v) is 11.7. The molecule has 1 N–H and O–H groups in total. The maximum Gasteiger partial charge on any atom is 0.262 e. The SMILES string of the molecule is O=C(CCn1cnc2sc3c(c2c1=O)CCCC3)NCC12CC3CC(CC(C3)C1)C2. The molecule has 0 spiro atoms. The highest BCUT2D eigenvalue weighted by Crippen LogP contribution is 2.59. The summed E-state index contributed by atoms with van der Waals surface area (Å²) < 4.78 is 1.65. The molecule has 5 aliphatic carbocycles. The van der Waals surface area contributed by atoms with E-state index in [9.17, 15) is 9.59 Å². The molecule has 30 heavy (non-hydrogen) atoms. The molecular formula is C24H31N3O2S. The molecule has 4 saturated carbocycles. The third kappa shape index (κ3) is 3.22. The first-order chi connectivity index (χ1) is 14.6. The molecule has 0 saturated heterocycles. The van der Waals surface area contributed by atoms with Crippen LogP contribution >= 0.6 is 11.3 Å². The molecule has 0 unspecified atom stereocenters. The minimum Gasteiger partial charge on any atom is -0.355 e. The topological polar surface area (TPSA) is 64.0 Å². The van der Waals surface area contributed by atoms with E-state index in [-0.39, 0.29) is 11.5 Å². The predicted octanol–water partition coefficient (Wildman–Crippen LogP) is 4.06. The van der Waals surface area contributed by atoms with Crippen LogP contribution in [0.25, 0.3) is 10.2 Å². The summed E-state index contributed by atoms with van der Waals surface area (Å²) in [6.45, 7) is 1.25. The summed E-state index contributed by atoms with van der Waals surface area (Å²) in [5, 5.41) is 4.05. The number of hydrogen-bond acceptors (Lipinski definition) is 4. The first-order valence-corrected chi connectivity index (χ1v) is 12.7. The van der Waals surface area contributed by atoms with E-state index in [0.29, 0.717) is 18.4 Å². The highest BCUT2D eigenvalue weighted by molar-refractivity contribution is 7.18. The summed E-state index contributed by atoms with van der Waals surface area (Å²) in [7, 11) is 0. The van der Waals surface area contributed by atoms with E-state index < -0.39 is 0 Å². The van der Waals surface area contributed by atoms with Crippen LogP contribution in [0.5, 0.6) is 0 Å². The van der Waals surface area contributed by atoms with Gasteiger partial charge < -0.3 is 5.32 Å². The standard InChI is InChI=1S/C24H31N3O2S/c28-20(25-13-24-10-15-7-16(11-24)9-17(8-15)12-24)5-6-27-14-26-22-21(23(27)29)18-3-1-2-4-19(18)30-22/h14-17H,1-13H2,(H,25,28). The van der Waals surface area contributed by atoms with Crippen molar-refractivity contribution < 1.29 is 4.79 Å². The van der Waals surface area contributed by atoms with Crippen LogP contribution in [0.4, 0.5) is 0 Å². The van der Waals surface area contributed by atoms with Crippen molar-refractivity contribution >= 4 is 27.5 Å². The van der Waals surface area contributed by atoms with Gasteiger partial charge in [-0.15, -0.1) is 11.3 Å². The summed E-state index contributed by atoms with van der Waals surface area (Å²) >= 11 is 1.68. The Kier molecular flexibility index (Phi) is 4.55. The second kappa shape index (κ2) is 7.18.